The van der Waals surface area contributed by atoms with Gasteiger partial charge in [0.05, 0.1) is 32.6 Å². The number of carbonyl (C=O) groups excluding carboxylic acids is 2. The van der Waals surface area contributed by atoms with E-state index in [-0.39, 0.29) is 17.9 Å². The van der Waals surface area contributed by atoms with Crippen molar-refractivity contribution in [1.29, 1.82) is 0 Å². The number of likely N-dealkylation sites (N-methyl/N-ethyl adjacent to an activating group) is 1. The Morgan fingerprint density at radius 2 is 1.81 bits per heavy atom. The van der Waals surface area contributed by atoms with Crippen molar-refractivity contribution in [2.45, 2.75) is 19.4 Å². The molecule has 0 spiro atoms. The van der Waals surface area contributed by atoms with Gasteiger partial charge in [-0.1, -0.05) is 18.2 Å². The molecule has 2 amide bonds. The summed E-state index contributed by atoms with van der Waals surface area (Å²) in [4.78, 5) is 29.1. The van der Waals surface area contributed by atoms with Crippen LogP contribution in [-0.4, -0.2) is 55.5 Å². The summed E-state index contributed by atoms with van der Waals surface area (Å²) in [6.07, 6.45) is 0.382. The van der Waals surface area contributed by atoms with Crippen LogP contribution in [0.1, 0.15) is 13.3 Å². The number of imide groups is 1. The van der Waals surface area contributed by atoms with Crippen LogP contribution >= 0.6 is 0 Å². The van der Waals surface area contributed by atoms with Gasteiger partial charge in [0.25, 0.3) is 5.91 Å². The van der Waals surface area contributed by atoms with Crippen molar-refractivity contribution in [3.63, 3.8) is 0 Å². The summed E-state index contributed by atoms with van der Waals surface area (Å²) in [6, 6.07) is 10.2. The Morgan fingerprint density at radius 3 is 2.38 bits per heavy atom. The molecule has 0 aromatic heterocycles. The normalized spacial score (nSPS) is 24.0. The third-order valence-corrected chi connectivity index (χ3v) is 4.58. The van der Waals surface area contributed by atoms with E-state index in [9.17, 15) is 9.59 Å². The second-order valence-corrected chi connectivity index (χ2v) is 5.71. The summed E-state index contributed by atoms with van der Waals surface area (Å²) in [5.74, 6) is 0.0103. The van der Waals surface area contributed by atoms with E-state index in [0.717, 1.165) is 26.2 Å². The molecule has 1 atom stereocenters. The third-order valence-electron chi connectivity index (χ3n) is 4.58. The molecule has 0 aliphatic carbocycles. The number of amides is 2. The molecule has 0 radical (unpaired) electrons. The molecule has 0 unspecified atom stereocenters. The molecule has 2 aliphatic heterocycles. The first-order chi connectivity index (χ1) is 10.2. The minimum Gasteiger partial charge on any atom is -0.360 e. The van der Waals surface area contributed by atoms with Crippen LogP contribution in [0.5, 0.6) is 0 Å². The molecule has 2 fully saturated rings. The maximum absolute atomic E-state index is 12.3. The number of piperazine rings is 1. The average Bonchev–Trinajstić information content (AvgIpc) is 2.82. The summed E-state index contributed by atoms with van der Waals surface area (Å²) in [5.41, 5.74) is 1.24. The molecule has 5 heteroatoms. The third kappa shape index (κ3) is 2.65. The molecule has 1 aromatic carbocycles. The number of para-hydroxylation sites is 1. The Balaban J connectivity index is 1.62. The Bertz CT molecular complexity index is 524. The Hall–Kier alpha value is -1.88. The van der Waals surface area contributed by atoms with Crippen LogP contribution in [-0.2, 0) is 9.59 Å². The highest BCUT2D eigenvalue weighted by molar-refractivity contribution is 6.04. The lowest BCUT2D eigenvalue weighted by Gasteiger charge is -2.35. The van der Waals surface area contributed by atoms with Crippen molar-refractivity contribution in [2.24, 2.45) is 0 Å². The van der Waals surface area contributed by atoms with E-state index in [4.69, 9.17) is 0 Å². The lowest BCUT2D eigenvalue weighted by Crippen LogP contribution is -3.19. The fraction of sp³-hybridized carbons (Fsp3) is 0.500. The van der Waals surface area contributed by atoms with Crippen LogP contribution in [0.3, 0.4) is 0 Å². The van der Waals surface area contributed by atoms with Gasteiger partial charge in [0.15, 0.2) is 6.04 Å². The minimum atomic E-state index is -0.157. The van der Waals surface area contributed by atoms with Crippen molar-refractivity contribution in [3.05, 3.63) is 30.3 Å². The largest absolute Gasteiger partial charge is 0.360 e. The van der Waals surface area contributed by atoms with Gasteiger partial charge in [-0.25, -0.2) is 0 Å². The molecule has 2 heterocycles. The van der Waals surface area contributed by atoms with Gasteiger partial charge in [0, 0.05) is 12.2 Å². The zero-order valence-corrected chi connectivity index (χ0v) is 12.4. The molecule has 2 aliphatic rings. The summed E-state index contributed by atoms with van der Waals surface area (Å²) in [5, 5.41) is 0. The van der Waals surface area contributed by atoms with Crippen molar-refractivity contribution in [1.82, 2.24) is 4.90 Å². The number of carbonyl (C=O) groups is 2. The van der Waals surface area contributed by atoms with Crippen LogP contribution in [0, 0.1) is 0 Å². The quantitative estimate of drug-likeness (QED) is 0.766. The molecule has 3 rings (SSSR count). The molecule has 112 valence electrons. The van der Waals surface area contributed by atoms with Crippen LogP contribution in [0.4, 0.5) is 5.69 Å². The molecule has 0 saturated carbocycles. The van der Waals surface area contributed by atoms with Crippen molar-refractivity contribution >= 4 is 17.5 Å². The summed E-state index contributed by atoms with van der Waals surface area (Å²) >= 11 is 0. The topological polar surface area (TPSA) is 45.1 Å². The second kappa shape index (κ2) is 5.85. The number of rotatable bonds is 3. The number of hydrogen-bond acceptors (Lipinski definition) is 3. The second-order valence-electron chi connectivity index (χ2n) is 5.71. The smallest absolute Gasteiger partial charge is 0.288 e. The molecule has 1 N–H and O–H groups in total. The number of likely N-dealkylation sites (tertiary alicyclic amines) is 1. The zero-order chi connectivity index (χ0) is 14.8. The zero-order valence-electron chi connectivity index (χ0n) is 12.4. The van der Waals surface area contributed by atoms with Gasteiger partial charge in [-0.15, -0.1) is 0 Å². The van der Waals surface area contributed by atoms with E-state index >= 15 is 0 Å². The van der Waals surface area contributed by atoms with E-state index in [1.165, 1.54) is 15.5 Å². The molecule has 21 heavy (non-hydrogen) atoms. The Morgan fingerprint density at radius 1 is 1.14 bits per heavy atom. The highest BCUT2D eigenvalue weighted by Gasteiger charge is 2.44. The molecular weight excluding hydrogens is 266 g/mol. The number of quaternary nitrogens is 1. The fourth-order valence-corrected chi connectivity index (χ4v) is 3.37. The van der Waals surface area contributed by atoms with Crippen molar-refractivity contribution < 1.29 is 14.5 Å². The Kier molecular flexibility index (Phi) is 3.92. The number of benzene rings is 1. The van der Waals surface area contributed by atoms with Crippen molar-refractivity contribution in [2.75, 3.05) is 37.6 Å². The van der Waals surface area contributed by atoms with Gasteiger partial charge in [-0.3, -0.25) is 14.5 Å². The molecule has 2 saturated heterocycles. The highest BCUT2D eigenvalue weighted by Crippen LogP contribution is 2.14. The first kappa shape index (κ1) is 14.1. The minimum absolute atomic E-state index is 0.00881. The lowest BCUT2D eigenvalue weighted by atomic mass is 10.1. The SMILES string of the molecule is CCN1C(=O)C[C@H]([NH+]2CCN(c3ccccc3)CC2)C1=O. The maximum Gasteiger partial charge on any atom is 0.288 e. The van der Waals surface area contributed by atoms with Gasteiger partial charge < -0.3 is 9.80 Å². The highest BCUT2D eigenvalue weighted by atomic mass is 16.2. The van der Waals surface area contributed by atoms with Gasteiger partial charge in [0.2, 0.25) is 5.91 Å². The first-order valence-electron chi connectivity index (χ1n) is 7.69. The standard InChI is InChI=1S/C16H21N3O2/c1-2-19-15(20)12-14(16(19)21)18-10-8-17(9-11-18)13-6-4-3-5-7-13/h3-7,14H,2,8-12H2,1H3/p+1/t14-/m0/s1. The van der Waals surface area contributed by atoms with Crippen LogP contribution < -0.4 is 9.80 Å². The van der Waals surface area contributed by atoms with E-state index in [1.54, 1.807) is 0 Å². The van der Waals surface area contributed by atoms with E-state index in [1.807, 2.05) is 25.1 Å². The molecule has 1 aromatic rings. The van der Waals surface area contributed by atoms with Crippen LogP contribution in [0.2, 0.25) is 0 Å². The molecule has 0 bridgehead atoms. The van der Waals surface area contributed by atoms with Crippen LogP contribution in [0.15, 0.2) is 30.3 Å². The molecular formula is C16H22N3O2+. The maximum atomic E-state index is 12.3. The predicted octanol–water partition coefficient (Wildman–Crippen LogP) is -0.461. The summed E-state index contributed by atoms with van der Waals surface area (Å²) in [7, 11) is 0. The number of nitrogens with one attached hydrogen (secondary N) is 1. The Labute approximate surface area is 125 Å². The summed E-state index contributed by atoms with van der Waals surface area (Å²) in [6.45, 7) is 6.05. The monoisotopic (exact) mass is 288 g/mol. The predicted molar refractivity (Wildman–Crippen MR) is 80.2 cm³/mol. The number of hydrogen-bond donors (Lipinski definition) is 1. The van der Waals surface area contributed by atoms with Gasteiger partial charge in [-0.05, 0) is 19.1 Å². The van der Waals surface area contributed by atoms with Gasteiger partial charge in [-0.2, -0.15) is 0 Å². The van der Waals surface area contributed by atoms with E-state index in [0.29, 0.717) is 13.0 Å². The molecule has 5 nitrogen and oxygen atoms in total. The number of nitrogens with zero attached hydrogens (tertiary/aromatic N) is 2. The van der Waals surface area contributed by atoms with E-state index in [2.05, 4.69) is 17.0 Å². The number of anilines is 1. The van der Waals surface area contributed by atoms with Gasteiger partial charge in [0.1, 0.15) is 0 Å². The van der Waals surface area contributed by atoms with Crippen LogP contribution in [0.25, 0.3) is 0 Å². The lowest BCUT2D eigenvalue weighted by molar-refractivity contribution is -0.915. The van der Waals surface area contributed by atoms with E-state index < -0.39 is 0 Å². The fourth-order valence-electron chi connectivity index (χ4n) is 3.37. The average molecular weight is 288 g/mol. The van der Waals surface area contributed by atoms with Gasteiger partial charge >= 0.3 is 0 Å². The van der Waals surface area contributed by atoms with Crippen molar-refractivity contribution in [3.8, 4) is 0 Å². The first-order valence-corrected chi connectivity index (χ1v) is 7.69. The summed E-state index contributed by atoms with van der Waals surface area (Å²) < 4.78 is 0.